The minimum atomic E-state index is -0.388. The van der Waals surface area contributed by atoms with E-state index < -0.39 is 0 Å². The highest BCUT2D eigenvalue weighted by atomic mass is 16.4. The van der Waals surface area contributed by atoms with Gasteiger partial charge in [0.2, 0.25) is 11.8 Å². The molecule has 0 radical (unpaired) electrons. The van der Waals surface area contributed by atoms with E-state index in [1.165, 1.54) is 0 Å². The van der Waals surface area contributed by atoms with Gasteiger partial charge in [0.05, 0.1) is 6.42 Å². The lowest BCUT2D eigenvalue weighted by atomic mass is 10.1. The van der Waals surface area contributed by atoms with Crippen molar-refractivity contribution in [3.63, 3.8) is 0 Å². The van der Waals surface area contributed by atoms with Crippen LogP contribution in [-0.4, -0.2) is 22.0 Å². The van der Waals surface area contributed by atoms with Crippen LogP contribution >= 0.6 is 0 Å². The van der Waals surface area contributed by atoms with Gasteiger partial charge in [-0.3, -0.25) is 14.9 Å². The molecule has 3 aromatic carbocycles. The Morgan fingerprint density at radius 2 is 1.43 bits per heavy atom. The average Bonchev–Trinajstić information content (AvgIpc) is 3.24. The molecule has 0 atom stereocenters. The lowest BCUT2D eigenvalue weighted by Crippen LogP contribution is -2.15. The van der Waals surface area contributed by atoms with E-state index in [1.54, 1.807) is 24.3 Å². The fourth-order valence-corrected chi connectivity index (χ4v) is 2.83. The highest BCUT2D eigenvalue weighted by Crippen LogP contribution is 2.19. The molecule has 0 unspecified atom stereocenters. The van der Waals surface area contributed by atoms with Crippen molar-refractivity contribution in [2.75, 3.05) is 10.6 Å². The molecule has 0 aliphatic heterocycles. The standard InChI is InChI=1S/C23H18N4O3/c28-20(15-16-7-3-1-4-8-16)24-19-13-11-17(12-14-19)21(29)25-23-27-26-22(30-23)18-9-5-2-6-10-18/h1-14H,15H2,(H,24,28)(H,25,27,29). The Labute approximate surface area is 172 Å². The van der Waals surface area contributed by atoms with Crippen LogP contribution in [0.25, 0.3) is 11.5 Å². The molecular weight excluding hydrogens is 380 g/mol. The van der Waals surface area contributed by atoms with Crippen LogP contribution in [0.15, 0.2) is 89.3 Å². The van der Waals surface area contributed by atoms with Crippen LogP contribution < -0.4 is 10.6 Å². The summed E-state index contributed by atoms with van der Waals surface area (Å²) >= 11 is 0. The maximum absolute atomic E-state index is 12.4. The third-order valence-corrected chi connectivity index (χ3v) is 4.30. The summed E-state index contributed by atoms with van der Waals surface area (Å²) in [6, 6.07) is 25.3. The number of rotatable bonds is 6. The second-order valence-corrected chi connectivity index (χ2v) is 6.52. The molecule has 0 aliphatic rings. The Hall–Kier alpha value is -4.26. The van der Waals surface area contributed by atoms with Crippen LogP contribution in [0.3, 0.4) is 0 Å². The molecule has 0 saturated heterocycles. The zero-order chi connectivity index (χ0) is 20.8. The summed E-state index contributed by atoms with van der Waals surface area (Å²) in [6.07, 6.45) is 0.282. The molecule has 0 fully saturated rings. The second kappa shape index (κ2) is 8.83. The number of amides is 2. The maximum atomic E-state index is 12.4. The number of anilines is 2. The zero-order valence-electron chi connectivity index (χ0n) is 15.9. The molecule has 0 saturated carbocycles. The maximum Gasteiger partial charge on any atom is 0.322 e. The average molecular weight is 398 g/mol. The van der Waals surface area contributed by atoms with Gasteiger partial charge in [-0.1, -0.05) is 53.6 Å². The van der Waals surface area contributed by atoms with Crippen LogP contribution in [0.1, 0.15) is 15.9 Å². The first-order chi connectivity index (χ1) is 14.7. The Kier molecular flexibility index (Phi) is 5.61. The minimum Gasteiger partial charge on any atom is -0.403 e. The SMILES string of the molecule is O=C(Cc1ccccc1)Nc1ccc(C(=O)Nc2nnc(-c3ccccc3)o2)cc1. The largest absolute Gasteiger partial charge is 0.403 e. The Balaban J connectivity index is 1.35. The van der Waals surface area contributed by atoms with Crippen molar-refractivity contribution < 1.29 is 14.0 Å². The number of hydrogen-bond acceptors (Lipinski definition) is 5. The first kappa shape index (κ1) is 19.1. The Morgan fingerprint density at radius 3 is 2.13 bits per heavy atom. The van der Waals surface area contributed by atoms with Crippen molar-refractivity contribution in [3.8, 4) is 11.5 Å². The zero-order valence-corrected chi connectivity index (χ0v) is 15.9. The van der Waals surface area contributed by atoms with Gasteiger partial charge >= 0.3 is 6.01 Å². The lowest BCUT2D eigenvalue weighted by molar-refractivity contribution is -0.115. The van der Waals surface area contributed by atoms with Gasteiger partial charge in [0.25, 0.3) is 5.91 Å². The van der Waals surface area contributed by atoms with Crippen LogP contribution in [0.2, 0.25) is 0 Å². The van der Waals surface area contributed by atoms with Crippen molar-refractivity contribution in [2.45, 2.75) is 6.42 Å². The summed E-state index contributed by atoms with van der Waals surface area (Å²) in [6.45, 7) is 0. The monoisotopic (exact) mass is 398 g/mol. The summed E-state index contributed by atoms with van der Waals surface area (Å²) in [4.78, 5) is 24.6. The number of hydrogen-bond donors (Lipinski definition) is 2. The molecule has 1 aromatic heterocycles. The number of carbonyl (C=O) groups is 2. The molecule has 7 nitrogen and oxygen atoms in total. The number of aromatic nitrogens is 2. The molecule has 2 amide bonds. The van der Waals surface area contributed by atoms with Gasteiger partial charge in [-0.2, -0.15) is 0 Å². The van der Waals surface area contributed by atoms with Crippen LogP contribution in [0.5, 0.6) is 0 Å². The quantitative estimate of drug-likeness (QED) is 0.508. The predicted molar refractivity (Wildman–Crippen MR) is 113 cm³/mol. The molecule has 4 aromatic rings. The van der Waals surface area contributed by atoms with Gasteiger partial charge in [-0.25, -0.2) is 0 Å². The van der Waals surface area contributed by atoms with Gasteiger partial charge in [0.1, 0.15) is 0 Å². The first-order valence-electron chi connectivity index (χ1n) is 9.31. The topological polar surface area (TPSA) is 97.1 Å². The van der Waals surface area contributed by atoms with Crippen LogP contribution in [0, 0.1) is 0 Å². The summed E-state index contributed by atoms with van der Waals surface area (Å²) in [5, 5.41) is 13.2. The van der Waals surface area contributed by atoms with Gasteiger partial charge in [0.15, 0.2) is 0 Å². The fraction of sp³-hybridized carbons (Fsp3) is 0.0435. The van der Waals surface area contributed by atoms with E-state index in [1.807, 2.05) is 60.7 Å². The normalized spacial score (nSPS) is 10.4. The van der Waals surface area contributed by atoms with E-state index in [0.717, 1.165) is 11.1 Å². The molecule has 4 rings (SSSR count). The van der Waals surface area contributed by atoms with E-state index in [0.29, 0.717) is 17.1 Å². The Morgan fingerprint density at radius 1 is 0.767 bits per heavy atom. The number of carbonyl (C=O) groups excluding carboxylic acids is 2. The lowest BCUT2D eigenvalue weighted by Gasteiger charge is -2.06. The highest BCUT2D eigenvalue weighted by molar-refractivity contribution is 6.03. The molecular formula is C23H18N4O3. The van der Waals surface area contributed by atoms with E-state index in [9.17, 15) is 9.59 Å². The minimum absolute atomic E-state index is 0.0130. The number of nitrogens with one attached hydrogen (secondary N) is 2. The molecule has 1 heterocycles. The predicted octanol–water partition coefficient (Wildman–Crippen LogP) is 4.17. The second-order valence-electron chi connectivity index (χ2n) is 6.52. The smallest absolute Gasteiger partial charge is 0.322 e. The molecule has 2 N–H and O–H groups in total. The third kappa shape index (κ3) is 4.77. The van der Waals surface area contributed by atoms with E-state index in [-0.39, 0.29) is 24.2 Å². The summed E-state index contributed by atoms with van der Waals surface area (Å²) in [5.74, 6) is -0.194. The fourth-order valence-electron chi connectivity index (χ4n) is 2.83. The molecule has 30 heavy (non-hydrogen) atoms. The third-order valence-electron chi connectivity index (χ3n) is 4.30. The molecule has 148 valence electrons. The van der Waals surface area contributed by atoms with E-state index >= 15 is 0 Å². The van der Waals surface area contributed by atoms with Gasteiger partial charge < -0.3 is 9.73 Å². The number of benzene rings is 3. The van der Waals surface area contributed by atoms with Crippen molar-refractivity contribution in [3.05, 3.63) is 96.1 Å². The molecule has 0 aliphatic carbocycles. The van der Waals surface area contributed by atoms with E-state index in [2.05, 4.69) is 20.8 Å². The van der Waals surface area contributed by atoms with Crippen molar-refractivity contribution in [1.29, 1.82) is 0 Å². The summed E-state index contributed by atoms with van der Waals surface area (Å²) in [5.41, 5.74) is 2.70. The van der Waals surface area contributed by atoms with E-state index in [4.69, 9.17) is 4.42 Å². The summed E-state index contributed by atoms with van der Waals surface area (Å²) in [7, 11) is 0. The number of nitrogens with zero attached hydrogens (tertiary/aromatic N) is 2. The molecule has 0 bridgehead atoms. The summed E-state index contributed by atoms with van der Waals surface area (Å²) < 4.78 is 5.48. The Bertz CT molecular complexity index is 1140. The highest BCUT2D eigenvalue weighted by Gasteiger charge is 2.13. The van der Waals surface area contributed by atoms with Gasteiger partial charge in [-0.15, -0.1) is 5.10 Å². The van der Waals surface area contributed by atoms with Gasteiger partial charge in [0, 0.05) is 16.8 Å². The van der Waals surface area contributed by atoms with Crippen molar-refractivity contribution >= 4 is 23.5 Å². The van der Waals surface area contributed by atoms with Crippen molar-refractivity contribution in [2.24, 2.45) is 0 Å². The molecule has 0 spiro atoms. The van der Waals surface area contributed by atoms with Crippen molar-refractivity contribution in [1.82, 2.24) is 10.2 Å². The van der Waals surface area contributed by atoms with Crippen LogP contribution in [0.4, 0.5) is 11.7 Å². The van der Waals surface area contributed by atoms with Crippen LogP contribution in [-0.2, 0) is 11.2 Å². The molecule has 7 heteroatoms. The van der Waals surface area contributed by atoms with Gasteiger partial charge in [-0.05, 0) is 42.0 Å². The first-order valence-corrected chi connectivity index (χ1v) is 9.31.